The van der Waals surface area contributed by atoms with Gasteiger partial charge in [0.2, 0.25) is 0 Å². The molecule has 18 heavy (non-hydrogen) atoms. The van der Waals surface area contributed by atoms with Crippen molar-refractivity contribution < 1.29 is 4.79 Å². The number of carbonyl (C=O) groups is 1. The van der Waals surface area contributed by atoms with Gasteiger partial charge in [-0.1, -0.05) is 19.8 Å². The van der Waals surface area contributed by atoms with Crippen LogP contribution in [0.5, 0.6) is 0 Å². The molecule has 1 aromatic heterocycles. The van der Waals surface area contributed by atoms with Gasteiger partial charge in [0.05, 0.1) is 11.4 Å². The van der Waals surface area contributed by atoms with E-state index < -0.39 is 0 Å². The summed E-state index contributed by atoms with van der Waals surface area (Å²) in [5, 5.41) is 6.78. The van der Waals surface area contributed by atoms with Crippen molar-refractivity contribution in [3.8, 4) is 0 Å². The van der Waals surface area contributed by atoms with Gasteiger partial charge in [0.1, 0.15) is 0 Å². The summed E-state index contributed by atoms with van der Waals surface area (Å²) < 4.78 is 0. The van der Waals surface area contributed by atoms with Crippen LogP contribution >= 0.6 is 0 Å². The number of nitrogens with one attached hydrogen (secondary N) is 1. The fourth-order valence-corrected chi connectivity index (χ4v) is 2.79. The van der Waals surface area contributed by atoms with Gasteiger partial charge in [0.15, 0.2) is 5.69 Å². The van der Waals surface area contributed by atoms with Crippen LogP contribution in [0.15, 0.2) is 0 Å². The summed E-state index contributed by atoms with van der Waals surface area (Å²) in [6.45, 7) is 4.04. The molecule has 2 atom stereocenters. The summed E-state index contributed by atoms with van der Waals surface area (Å²) in [6, 6.07) is 0.308. The molecule has 3 N–H and O–H groups in total. The number of aromatic nitrogens is 2. The molecule has 0 aromatic carbocycles. The molecular formula is C13H22N4O. The van der Waals surface area contributed by atoms with Crippen molar-refractivity contribution in [1.82, 2.24) is 15.1 Å². The highest BCUT2D eigenvalue weighted by Gasteiger charge is 2.30. The SMILES string of the molecule is Cc1[nH]nc(C(=O)N(C)C2CCCCC2C)c1N. The molecule has 1 heterocycles. The van der Waals surface area contributed by atoms with E-state index in [0.29, 0.717) is 23.3 Å². The van der Waals surface area contributed by atoms with Gasteiger partial charge in [0, 0.05) is 13.1 Å². The molecule has 1 aromatic rings. The highest BCUT2D eigenvalue weighted by Crippen LogP contribution is 2.28. The first-order valence-corrected chi connectivity index (χ1v) is 6.60. The van der Waals surface area contributed by atoms with Gasteiger partial charge < -0.3 is 10.6 Å². The normalized spacial score (nSPS) is 23.9. The lowest BCUT2D eigenvalue weighted by Gasteiger charge is -2.36. The minimum atomic E-state index is -0.0735. The van der Waals surface area contributed by atoms with Crippen LogP contribution in [-0.2, 0) is 0 Å². The quantitative estimate of drug-likeness (QED) is 0.842. The lowest BCUT2D eigenvalue weighted by molar-refractivity contribution is 0.0624. The molecular weight excluding hydrogens is 228 g/mol. The molecule has 0 aliphatic heterocycles. The Labute approximate surface area is 108 Å². The number of anilines is 1. The lowest BCUT2D eigenvalue weighted by atomic mass is 9.85. The zero-order valence-corrected chi connectivity index (χ0v) is 11.4. The molecule has 0 bridgehead atoms. The van der Waals surface area contributed by atoms with Crippen LogP contribution < -0.4 is 5.73 Å². The fraction of sp³-hybridized carbons (Fsp3) is 0.692. The Morgan fingerprint density at radius 3 is 2.67 bits per heavy atom. The van der Waals surface area contributed by atoms with Crippen LogP contribution in [0, 0.1) is 12.8 Å². The Balaban J connectivity index is 2.15. The number of aromatic amines is 1. The van der Waals surface area contributed by atoms with E-state index in [9.17, 15) is 4.79 Å². The van der Waals surface area contributed by atoms with Crippen LogP contribution in [0.1, 0.15) is 48.8 Å². The average Bonchev–Trinajstić information content (AvgIpc) is 2.69. The van der Waals surface area contributed by atoms with Gasteiger partial charge in [-0.3, -0.25) is 9.89 Å². The molecule has 5 nitrogen and oxygen atoms in total. The minimum absolute atomic E-state index is 0.0735. The second kappa shape index (κ2) is 5.00. The zero-order chi connectivity index (χ0) is 13.3. The second-order valence-corrected chi connectivity index (χ2v) is 5.36. The number of nitrogens with zero attached hydrogens (tertiary/aromatic N) is 2. The molecule has 2 unspecified atom stereocenters. The zero-order valence-electron chi connectivity index (χ0n) is 11.4. The van der Waals surface area contributed by atoms with Crippen molar-refractivity contribution in [1.29, 1.82) is 0 Å². The van der Waals surface area contributed by atoms with E-state index in [-0.39, 0.29) is 5.91 Å². The van der Waals surface area contributed by atoms with E-state index in [2.05, 4.69) is 17.1 Å². The Hall–Kier alpha value is -1.52. The van der Waals surface area contributed by atoms with Crippen LogP contribution in [0.4, 0.5) is 5.69 Å². The van der Waals surface area contributed by atoms with Crippen molar-refractivity contribution in [2.24, 2.45) is 5.92 Å². The van der Waals surface area contributed by atoms with Gasteiger partial charge >= 0.3 is 0 Å². The van der Waals surface area contributed by atoms with Crippen molar-refractivity contribution in [3.05, 3.63) is 11.4 Å². The van der Waals surface area contributed by atoms with Crippen molar-refractivity contribution >= 4 is 11.6 Å². The standard InChI is InChI=1S/C13H22N4O/c1-8-6-4-5-7-10(8)17(3)13(18)12-11(14)9(2)15-16-12/h8,10H,4-7,14H2,1-3H3,(H,15,16). The predicted octanol–water partition coefficient (Wildman–Crippen LogP) is 1.95. The number of nitrogens with two attached hydrogens (primary N) is 1. The Morgan fingerprint density at radius 1 is 1.44 bits per heavy atom. The third-order valence-corrected chi connectivity index (χ3v) is 4.08. The Morgan fingerprint density at radius 2 is 2.11 bits per heavy atom. The smallest absolute Gasteiger partial charge is 0.276 e. The van der Waals surface area contributed by atoms with Gasteiger partial charge in [-0.05, 0) is 25.7 Å². The number of hydrogen-bond acceptors (Lipinski definition) is 3. The number of rotatable bonds is 2. The number of H-pyrrole nitrogens is 1. The first-order valence-electron chi connectivity index (χ1n) is 6.60. The lowest BCUT2D eigenvalue weighted by Crippen LogP contribution is -2.43. The van der Waals surface area contributed by atoms with E-state index in [1.165, 1.54) is 19.3 Å². The van der Waals surface area contributed by atoms with Crippen molar-refractivity contribution in [2.75, 3.05) is 12.8 Å². The summed E-state index contributed by atoms with van der Waals surface area (Å²) in [6.07, 6.45) is 4.73. The Bertz CT molecular complexity index is 440. The van der Waals surface area contributed by atoms with E-state index in [1.807, 2.05) is 18.9 Å². The number of hydrogen-bond donors (Lipinski definition) is 2. The molecule has 2 rings (SSSR count). The first kappa shape index (κ1) is 12.9. The van der Waals surface area contributed by atoms with Gasteiger partial charge in [-0.15, -0.1) is 0 Å². The fourth-order valence-electron chi connectivity index (χ4n) is 2.79. The average molecular weight is 250 g/mol. The largest absolute Gasteiger partial charge is 0.395 e. The molecule has 1 aliphatic rings. The molecule has 1 saturated carbocycles. The molecule has 0 spiro atoms. The molecule has 1 fully saturated rings. The summed E-state index contributed by atoms with van der Waals surface area (Å²) in [4.78, 5) is 14.2. The van der Waals surface area contributed by atoms with E-state index in [1.54, 1.807) is 0 Å². The van der Waals surface area contributed by atoms with Gasteiger partial charge in [-0.2, -0.15) is 5.10 Å². The highest BCUT2D eigenvalue weighted by atomic mass is 16.2. The summed E-state index contributed by atoms with van der Waals surface area (Å²) >= 11 is 0. The van der Waals surface area contributed by atoms with E-state index in [0.717, 1.165) is 12.1 Å². The number of amides is 1. The third-order valence-electron chi connectivity index (χ3n) is 4.08. The topological polar surface area (TPSA) is 75.0 Å². The van der Waals surface area contributed by atoms with Crippen LogP contribution in [0.25, 0.3) is 0 Å². The van der Waals surface area contributed by atoms with Crippen molar-refractivity contribution in [3.63, 3.8) is 0 Å². The van der Waals surface area contributed by atoms with E-state index in [4.69, 9.17) is 5.73 Å². The van der Waals surface area contributed by atoms with Crippen molar-refractivity contribution in [2.45, 2.75) is 45.6 Å². The molecule has 100 valence electrons. The molecule has 1 aliphatic carbocycles. The molecule has 0 saturated heterocycles. The third kappa shape index (κ3) is 2.21. The summed E-state index contributed by atoms with van der Waals surface area (Å²) in [7, 11) is 1.86. The summed E-state index contributed by atoms with van der Waals surface area (Å²) in [5.74, 6) is 0.476. The predicted molar refractivity (Wildman–Crippen MR) is 71.3 cm³/mol. The van der Waals surface area contributed by atoms with Crippen LogP contribution in [0.2, 0.25) is 0 Å². The maximum Gasteiger partial charge on any atom is 0.276 e. The number of nitrogen functional groups attached to an aromatic ring is 1. The maximum atomic E-state index is 12.4. The number of aryl methyl sites for hydroxylation is 1. The van der Waals surface area contributed by atoms with E-state index >= 15 is 0 Å². The summed E-state index contributed by atoms with van der Waals surface area (Å²) in [5.41, 5.74) is 7.44. The minimum Gasteiger partial charge on any atom is -0.395 e. The molecule has 0 radical (unpaired) electrons. The van der Waals surface area contributed by atoms with Gasteiger partial charge in [-0.25, -0.2) is 0 Å². The molecule has 5 heteroatoms. The highest BCUT2D eigenvalue weighted by molar-refractivity contribution is 5.97. The monoisotopic (exact) mass is 250 g/mol. The number of carbonyl (C=O) groups excluding carboxylic acids is 1. The first-order chi connectivity index (χ1) is 8.52. The van der Waals surface area contributed by atoms with Crippen LogP contribution in [0.3, 0.4) is 0 Å². The van der Waals surface area contributed by atoms with Gasteiger partial charge in [0.25, 0.3) is 5.91 Å². The second-order valence-electron chi connectivity index (χ2n) is 5.36. The van der Waals surface area contributed by atoms with Crippen LogP contribution in [-0.4, -0.2) is 34.1 Å². The molecule has 1 amide bonds. The Kier molecular flexibility index (Phi) is 3.59. The maximum absolute atomic E-state index is 12.4.